The monoisotopic (exact) mass is 233 g/mol. The van der Waals surface area contributed by atoms with Gasteiger partial charge < -0.3 is 10.1 Å². The van der Waals surface area contributed by atoms with E-state index >= 15 is 0 Å². The van der Waals surface area contributed by atoms with E-state index in [-0.39, 0.29) is 17.9 Å². The van der Waals surface area contributed by atoms with Crippen LogP contribution in [0.4, 0.5) is 0 Å². The highest BCUT2D eigenvalue weighted by Crippen LogP contribution is 2.26. The summed E-state index contributed by atoms with van der Waals surface area (Å²) < 4.78 is 4.94. The number of piperidine rings is 1. The zero-order valence-corrected chi connectivity index (χ0v) is 10.2. The number of nitrogens with one attached hydrogen (secondary N) is 1. The van der Waals surface area contributed by atoms with Crippen LogP contribution in [0.3, 0.4) is 0 Å². The standard InChI is InChI=1S/C14H19NO2/c1-17-14(16)13(11-7-3-2-4-8-11)12-9-5-6-10-15-12/h2-4,7-8,12-13,15H,5-6,9-10H2,1H3/t12?,13-/m0/s1. The molecule has 17 heavy (non-hydrogen) atoms. The molecule has 0 aromatic heterocycles. The molecule has 1 aliphatic rings. The molecular weight excluding hydrogens is 214 g/mol. The van der Waals surface area contributed by atoms with Gasteiger partial charge in [0.25, 0.3) is 0 Å². The van der Waals surface area contributed by atoms with E-state index in [0.29, 0.717) is 0 Å². The molecule has 1 heterocycles. The highest BCUT2D eigenvalue weighted by molar-refractivity contribution is 5.79. The summed E-state index contributed by atoms with van der Waals surface area (Å²) in [6, 6.07) is 10.1. The van der Waals surface area contributed by atoms with Gasteiger partial charge in [-0.15, -0.1) is 0 Å². The van der Waals surface area contributed by atoms with Crippen molar-refractivity contribution in [2.75, 3.05) is 13.7 Å². The van der Waals surface area contributed by atoms with Crippen LogP contribution in [-0.2, 0) is 9.53 Å². The molecule has 1 unspecified atom stereocenters. The Hall–Kier alpha value is -1.35. The van der Waals surface area contributed by atoms with Crippen LogP contribution in [0, 0.1) is 0 Å². The molecule has 1 fully saturated rings. The fraction of sp³-hybridized carbons (Fsp3) is 0.500. The van der Waals surface area contributed by atoms with Gasteiger partial charge in [-0.3, -0.25) is 4.79 Å². The molecule has 2 rings (SSSR count). The third-order valence-electron chi connectivity index (χ3n) is 3.36. The van der Waals surface area contributed by atoms with E-state index in [1.807, 2.05) is 30.3 Å². The molecule has 3 heteroatoms. The molecule has 1 aliphatic heterocycles. The number of hydrogen-bond acceptors (Lipinski definition) is 3. The first-order valence-corrected chi connectivity index (χ1v) is 6.19. The number of rotatable bonds is 3. The smallest absolute Gasteiger partial charge is 0.314 e. The lowest BCUT2D eigenvalue weighted by molar-refractivity contribution is -0.143. The van der Waals surface area contributed by atoms with Crippen LogP contribution in [0.5, 0.6) is 0 Å². The van der Waals surface area contributed by atoms with Gasteiger partial charge in [-0.2, -0.15) is 0 Å². The highest BCUT2D eigenvalue weighted by Gasteiger charge is 2.31. The van der Waals surface area contributed by atoms with Crippen molar-refractivity contribution in [2.24, 2.45) is 0 Å². The predicted octanol–water partition coefficient (Wildman–Crippen LogP) is 2.09. The Morgan fingerprint density at radius 1 is 1.35 bits per heavy atom. The summed E-state index contributed by atoms with van der Waals surface area (Å²) in [4.78, 5) is 11.9. The molecule has 3 nitrogen and oxygen atoms in total. The van der Waals surface area contributed by atoms with Crippen molar-refractivity contribution in [1.82, 2.24) is 5.32 Å². The second kappa shape index (κ2) is 5.82. The molecule has 0 radical (unpaired) electrons. The van der Waals surface area contributed by atoms with Gasteiger partial charge in [-0.25, -0.2) is 0 Å². The minimum atomic E-state index is -0.179. The van der Waals surface area contributed by atoms with E-state index in [1.54, 1.807) is 0 Å². The molecule has 92 valence electrons. The van der Waals surface area contributed by atoms with E-state index < -0.39 is 0 Å². The molecule has 1 N–H and O–H groups in total. The van der Waals surface area contributed by atoms with Crippen molar-refractivity contribution in [1.29, 1.82) is 0 Å². The fourth-order valence-corrected chi connectivity index (χ4v) is 2.48. The molecule has 2 atom stereocenters. The topological polar surface area (TPSA) is 38.3 Å². The molecule has 0 saturated carbocycles. The largest absolute Gasteiger partial charge is 0.469 e. The molecule has 0 spiro atoms. The summed E-state index contributed by atoms with van der Waals surface area (Å²) >= 11 is 0. The Kier molecular flexibility index (Phi) is 4.15. The lowest BCUT2D eigenvalue weighted by Crippen LogP contribution is -2.42. The normalized spacial score (nSPS) is 21.8. The number of benzene rings is 1. The maximum atomic E-state index is 11.9. The Balaban J connectivity index is 2.21. The van der Waals surface area contributed by atoms with E-state index in [1.165, 1.54) is 20.0 Å². The van der Waals surface area contributed by atoms with Crippen LogP contribution in [0.1, 0.15) is 30.7 Å². The molecule has 1 aromatic rings. The minimum absolute atomic E-state index is 0.143. The van der Waals surface area contributed by atoms with Crippen LogP contribution in [0.2, 0.25) is 0 Å². The molecule has 0 bridgehead atoms. The fourth-order valence-electron chi connectivity index (χ4n) is 2.48. The Bertz CT molecular complexity index is 358. The van der Waals surface area contributed by atoms with E-state index in [4.69, 9.17) is 4.74 Å². The van der Waals surface area contributed by atoms with Gasteiger partial charge in [0.05, 0.1) is 13.0 Å². The average molecular weight is 233 g/mol. The third kappa shape index (κ3) is 2.86. The lowest BCUT2D eigenvalue weighted by atomic mass is 9.86. The zero-order chi connectivity index (χ0) is 12.1. The van der Waals surface area contributed by atoms with Gasteiger partial charge in [0, 0.05) is 6.04 Å². The van der Waals surface area contributed by atoms with Crippen molar-refractivity contribution in [2.45, 2.75) is 31.2 Å². The number of carbonyl (C=O) groups is 1. The van der Waals surface area contributed by atoms with Crippen LogP contribution < -0.4 is 5.32 Å². The number of esters is 1. The third-order valence-corrected chi connectivity index (χ3v) is 3.36. The van der Waals surface area contributed by atoms with Crippen molar-refractivity contribution < 1.29 is 9.53 Å². The van der Waals surface area contributed by atoms with E-state index in [2.05, 4.69) is 5.32 Å². The second-order valence-corrected chi connectivity index (χ2v) is 4.47. The van der Waals surface area contributed by atoms with Gasteiger partial charge in [0.2, 0.25) is 0 Å². The van der Waals surface area contributed by atoms with Crippen LogP contribution in [0.15, 0.2) is 30.3 Å². The minimum Gasteiger partial charge on any atom is -0.469 e. The Morgan fingerprint density at radius 3 is 2.71 bits per heavy atom. The average Bonchev–Trinajstić information content (AvgIpc) is 2.41. The summed E-state index contributed by atoms with van der Waals surface area (Å²) in [7, 11) is 1.46. The number of ether oxygens (including phenoxy) is 1. The predicted molar refractivity (Wildman–Crippen MR) is 66.8 cm³/mol. The molecular formula is C14H19NO2. The van der Waals surface area contributed by atoms with Crippen LogP contribution in [0.25, 0.3) is 0 Å². The van der Waals surface area contributed by atoms with Crippen LogP contribution in [-0.4, -0.2) is 25.7 Å². The Morgan fingerprint density at radius 2 is 2.12 bits per heavy atom. The van der Waals surface area contributed by atoms with E-state index in [0.717, 1.165) is 18.5 Å². The second-order valence-electron chi connectivity index (χ2n) is 4.47. The SMILES string of the molecule is COC(=O)[C@@H](c1ccccc1)C1CCCCN1. The van der Waals surface area contributed by atoms with Gasteiger partial charge in [-0.1, -0.05) is 36.8 Å². The highest BCUT2D eigenvalue weighted by atomic mass is 16.5. The maximum absolute atomic E-state index is 11.9. The number of methoxy groups -OCH3 is 1. The van der Waals surface area contributed by atoms with Crippen molar-refractivity contribution >= 4 is 5.97 Å². The summed E-state index contributed by atoms with van der Waals surface area (Å²) in [6.45, 7) is 0.991. The summed E-state index contributed by atoms with van der Waals surface area (Å²) in [5, 5.41) is 3.43. The van der Waals surface area contributed by atoms with Gasteiger partial charge >= 0.3 is 5.97 Å². The first-order valence-electron chi connectivity index (χ1n) is 6.19. The quantitative estimate of drug-likeness (QED) is 0.812. The van der Waals surface area contributed by atoms with E-state index in [9.17, 15) is 4.79 Å². The first kappa shape index (κ1) is 12.1. The zero-order valence-electron chi connectivity index (χ0n) is 10.2. The first-order chi connectivity index (χ1) is 8.33. The van der Waals surface area contributed by atoms with Crippen LogP contribution >= 0.6 is 0 Å². The van der Waals surface area contributed by atoms with Crippen molar-refractivity contribution in [3.8, 4) is 0 Å². The number of hydrogen-bond donors (Lipinski definition) is 1. The Labute approximate surface area is 102 Å². The van der Waals surface area contributed by atoms with Gasteiger partial charge in [-0.05, 0) is 24.9 Å². The maximum Gasteiger partial charge on any atom is 0.314 e. The molecule has 0 amide bonds. The molecule has 1 saturated heterocycles. The summed E-state index contributed by atoms with van der Waals surface area (Å²) in [5.74, 6) is -0.322. The van der Waals surface area contributed by atoms with Crippen molar-refractivity contribution in [3.05, 3.63) is 35.9 Å². The summed E-state index contributed by atoms with van der Waals surface area (Å²) in [6.07, 6.45) is 3.41. The number of carbonyl (C=O) groups excluding carboxylic acids is 1. The lowest BCUT2D eigenvalue weighted by Gasteiger charge is -2.29. The molecule has 0 aliphatic carbocycles. The van der Waals surface area contributed by atoms with Gasteiger partial charge in [0.15, 0.2) is 0 Å². The summed E-state index contributed by atoms with van der Waals surface area (Å²) in [5.41, 5.74) is 1.04. The van der Waals surface area contributed by atoms with Crippen molar-refractivity contribution in [3.63, 3.8) is 0 Å². The molecule has 1 aromatic carbocycles. The van der Waals surface area contributed by atoms with Gasteiger partial charge in [0.1, 0.15) is 0 Å².